The number of hydrogen-bond acceptors (Lipinski definition) is 3. The van der Waals surface area contributed by atoms with Gasteiger partial charge in [-0.15, -0.1) is 11.3 Å². The number of rotatable bonds is 6. The topological polar surface area (TPSA) is 33.2 Å². The molecule has 1 amide bonds. The van der Waals surface area contributed by atoms with Crippen molar-refractivity contribution in [3.05, 3.63) is 16.1 Å². The van der Waals surface area contributed by atoms with Crippen LogP contribution in [0.3, 0.4) is 0 Å². The first kappa shape index (κ1) is 14.2. The maximum Gasteiger partial charge on any atom is 0.273 e. The Morgan fingerprint density at radius 2 is 1.94 bits per heavy atom. The molecule has 0 unspecified atom stereocenters. The van der Waals surface area contributed by atoms with Crippen LogP contribution in [0.4, 0.5) is 0 Å². The van der Waals surface area contributed by atoms with Gasteiger partial charge in [-0.05, 0) is 12.8 Å². The van der Waals surface area contributed by atoms with Crippen molar-refractivity contribution in [2.75, 3.05) is 13.1 Å². The molecule has 0 N–H and O–H groups in total. The lowest BCUT2D eigenvalue weighted by Gasteiger charge is -2.20. The molecule has 1 rings (SSSR count). The van der Waals surface area contributed by atoms with Crippen LogP contribution in [0.2, 0.25) is 0 Å². The van der Waals surface area contributed by atoms with E-state index >= 15 is 0 Å². The molecule has 1 aromatic rings. The highest BCUT2D eigenvalue weighted by Gasteiger charge is 2.18. The zero-order valence-corrected chi connectivity index (χ0v) is 12.0. The molecule has 0 aliphatic rings. The van der Waals surface area contributed by atoms with Crippen molar-refractivity contribution in [2.24, 2.45) is 0 Å². The minimum Gasteiger partial charge on any atom is -0.337 e. The first-order chi connectivity index (χ1) is 8.10. The van der Waals surface area contributed by atoms with E-state index in [-0.39, 0.29) is 5.91 Å². The van der Waals surface area contributed by atoms with Gasteiger partial charge in [0, 0.05) is 24.4 Å². The Balaban J connectivity index is 2.77. The molecule has 0 spiro atoms. The van der Waals surface area contributed by atoms with Crippen molar-refractivity contribution in [3.8, 4) is 0 Å². The molecule has 96 valence electrons. The van der Waals surface area contributed by atoms with Crippen LogP contribution in [0.15, 0.2) is 5.38 Å². The lowest BCUT2D eigenvalue weighted by Crippen LogP contribution is -2.32. The quantitative estimate of drug-likeness (QED) is 0.778. The Bertz CT molecular complexity index is 354. The third-order valence-corrected chi connectivity index (χ3v) is 3.65. The molecule has 3 nitrogen and oxygen atoms in total. The van der Waals surface area contributed by atoms with Gasteiger partial charge in [0.05, 0.1) is 5.01 Å². The molecule has 0 radical (unpaired) electrons. The Morgan fingerprint density at radius 1 is 1.35 bits per heavy atom. The standard InChI is InChI=1S/C13H22N2OS/c1-5-7-15(8-6-2)13(16)11-9-17-12(14-11)10(3)4/h9-10H,5-8H2,1-4H3. The van der Waals surface area contributed by atoms with Crippen LogP contribution in [0.25, 0.3) is 0 Å². The van der Waals surface area contributed by atoms with Crippen molar-refractivity contribution in [2.45, 2.75) is 46.5 Å². The normalized spacial score (nSPS) is 10.9. The number of aromatic nitrogens is 1. The maximum absolute atomic E-state index is 12.2. The number of carbonyl (C=O) groups is 1. The molecule has 0 aromatic carbocycles. The van der Waals surface area contributed by atoms with Crippen molar-refractivity contribution in [3.63, 3.8) is 0 Å². The highest BCUT2D eigenvalue weighted by Crippen LogP contribution is 2.20. The van der Waals surface area contributed by atoms with Crippen molar-refractivity contribution in [1.29, 1.82) is 0 Å². The summed E-state index contributed by atoms with van der Waals surface area (Å²) in [7, 11) is 0. The van der Waals surface area contributed by atoms with Gasteiger partial charge >= 0.3 is 0 Å². The summed E-state index contributed by atoms with van der Waals surface area (Å²) in [6.07, 6.45) is 1.99. The van der Waals surface area contributed by atoms with E-state index in [1.54, 1.807) is 11.3 Å². The van der Waals surface area contributed by atoms with E-state index in [1.165, 1.54) is 0 Å². The van der Waals surface area contributed by atoms with Gasteiger partial charge in [0.1, 0.15) is 5.69 Å². The van der Waals surface area contributed by atoms with E-state index in [2.05, 4.69) is 32.7 Å². The van der Waals surface area contributed by atoms with Gasteiger partial charge in [0.15, 0.2) is 0 Å². The van der Waals surface area contributed by atoms with Gasteiger partial charge in [-0.2, -0.15) is 0 Å². The fraction of sp³-hybridized carbons (Fsp3) is 0.692. The SMILES string of the molecule is CCCN(CCC)C(=O)c1csc(C(C)C)n1. The second kappa shape index (κ2) is 6.74. The third kappa shape index (κ3) is 3.80. The summed E-state index contributed by atoms with van der Waals surface area (Å²) in [5.74, 6) is 0.476. The molecular formula is C13H22N2OS. The van der Waals surface area contributed by atoms with Gasteiger partial charge in [-0.25, -0.2) is 4.98 Å². The summed E-state index contributed by atoms with van der Waals surface area (Å²) < 4.78 is 0. The van der Waals surface area contributed by atoms with Gasteiger partial charge < -0.3 is 4.90 Å². The Labute approximate surface area is 108 Å². The monoisotopic (exact) mass is 254 g/mol. The zero-order chi connectivity index (χ0) is 12.8. The summed E-state index contributed by atoms with van der Waals surface area (Å²) in [5.41, 5.74) is 0.612. The zero-order valence-electron chi connectivity index (χ0n) is 11.2. The van der Waals surface area contributed by atoms with Gasteiger partial charge in [-0.1, -0.05) is 27.7 Å². The van der Waals surface area contributed by atoms with E-state index < -0.39 is 0 Å². The Hall–Kier alpha value is -0.900. The first-order valence-corrected chi connectivity index (χ1v) is 7.22. The molecule has 0 bridgehead atoms. The largest absolute Gasteiger partial charge is 0.337 e. The Morgan fingerprint density at radius 3 is 2.35 bits per heavy atom. The summed E-state index contributed by atoms with van der Waals surface area (Å²) in [4.78, 5) is 18.6. The molecular weight excluding hydrogens is 232 g/mol. The molecule has 0 aliphatic heterocycles. The van der Waals surface area contributed by atoms with E-state index in [0.29, 0.717) is 11.6 Å². The molecule has 1 heterocycles. The highest BCUT2D eigenvalue weighted by molar-refractivity contribution is 7.09. The van der Waals surface area contributed by atoms with E-state index in [0.717, 1.165) is 30.9 Å². The maximum atomic E-state index is 12.2. The molecule has 0 saturated heterocycles. The summed E-state index contributed by atoms with van der Waals surface area (Å²) in [6.45, 7) is 10.0. The van der Waals surface area contributed by atoms with Crippen molar-refractivity contribution in [1.82, 2.24) is 9.88 Å². The van der Waals surface area contributed by atoms with Gasteiger partial charge in [0.2, 0.25) is 0 Å². The predicted octanol–water partition coefficient (Wildman–Crippen LogP) is 3.53. The van der Waals surface area contributed by atoms with Gasteiger partial charge in [0.25, 0.3) is 5.91 Å². The number of thiazole rings is 1. The van der Waals surface area contributed by atoms with Crippen LogP contribution in [0, 0.1) is 0 Å². The molecule has 0 fully saturated rings. The van der Waals surface area contributed by atoms with Crippen LogP contribution < -0.4 is 0 Å². The predicted molar refractivity (Wildman–Crippen MR) is 72.7 cm³/mol. The first-order valence-electron chi connectivity index (χ1n) is 6.34. The number of carbonyl (C=O) groups excluding carboxylic acids is 1. The van der Waals surface area contributed by atoms with E-state index in [1.807, 2.05) is 10.3 Å². The minimum absolute atomic E-state index is 0.0804. The van der Waals surface area contributed by atoms with Crippen molar-refractivity contribution < 1.29 is 4.79 Å². The van der Waals surface area contributed by atoms with Gasteiger partial charge in [-0.3, -0.25) is 4.79 Å². The number of amides is 1. The molecule has 0 atom stereocenters. The fourth-order valence-corrected chi connectivity index (χ4v) is 2.48. The fourth-order valence-electron chi connectivity index (χ4n) is 1.67. The summed E-state index contributed by atoms with van der Waals surface area (Å²) in [5, 5.41) is 2.93. The van der Waals surface area contributed by atoms with Crippen LogP contribution in [0.5, 0.6) is 0 Å². The average molecular weight is 254 g/mol. The smallest absolute Gasteiger partial charge is 0.273 e. The minimum atomic E-state index is 0.0804. The second-order valence-corrected chi connectivity index (χ2v) is 5.41. The number of hydrogen-bond donors (Lipinski definition) is 0. The number of nitrogens with zero attached hydrogens (tertiary/aromatic N) is 2. The highest BCUT2D eigenvalue weighted by atomic mass is 32.1. The van der Waals surface area contributed by atoms with Crippen LogP contribution in [0.1, 0.15) is 62.0 Å². The van der Waals surface area contributed by atoms with Crippen LogP contribution >= 0.6 is 11.3 Å². The van der Waals surface area contributed by atoms with Crippen LogP contribution in [-0.4, -0.2) is 28.9 Å². The van der Waals surface area contributed by atoms with E-state index in [9.17, 15) is 4.79 Å². The summed E-state index contributed by atoms with van der Waals surface area (Å²) >= 11 is 1.58. The molecule has 4 heteroatoms. The average Bonchev–Trinajstić information content (AvgIpc) is 2.77. The van der Waals surface area contributed by atoms with E-state index in [4.69, 9.17) is 0 Å². The molecule has 0 aliphatic carbocycles. The lowest BCUT2D eigenvalue weighted by molar-refractivity contribution is 0.0750. The van der Waals surface area contributed by atoms with Crippen molar-refractivity contribution >= 4 is 17.2 Å². The second-order valence-electron chi connectivity index (χ2n) is 4.52. The van der Waals surface area contributed by atoms with Crippen LogP contribution in [-0.2, 0) is 0 Å². The molecule has 17 heavy (non-hydrogen) atoms. The molecule has 1 aromatic heterocycles. The third-order valence-electron chi connectivity index (χ3n) is 2.51. The lowest BCUT2D eigenvalue weighted by atomic mass is 10.2. The molecule has 0 saturated carbocycles. The Kier molecular flexibility index (Phi) is 5.62. The summed E-state index contributed by atoms with van der Waals surface area (Å²) in [6, 6.07) is 0.